The van der Waals surface area contributed by atoms with Gasteiger partial charge in [0.2, 0.25) is 0 Å². The topological polar surface area (TPSA) is 146 Å². The van der Waals surface area contributed by atoms with Crippen molar-refractivity contribution in [1.29, 1.82) is 0 Å². The molecule has 52 heavy (non-hydrogen) atoms. The highest BCUT2D eigenvalue weighted by Crippen LogP contribution is 2.65. The van der Waals surface area contributed by atoms with Crippen LogP contribution in [0.1, 0.15) is 118 Å². The van der Waals surface area contributed by atoms with Crippen molar-refractivity contribution in [3.05, 3.63) is 37.0 Å². The minimum atomic E-state index is -0.858. The monoisotopic (exact) mass is 722 g/mol. The van der Waals surface area contributed by atoms with E-state index in [1.165, 1.54) is 38.5 Å². The Hall–Kier alpha value is -2.98. The van der Waals surface area contributed by atoms with Crippen LogP contribution >= 0.6 is 0 Å². The standard InChI is InChI=1S/C17H26O2.C14H20O4.C11H12O4/c1-11(2)15(18)19-16(3,4)17-8-12-5-13(9-17)7-14(6-12)10-17;1-9(2)11(15)18-14-5-10-3-12(16,7-14)6-13(17,4-10)8-14;1-2-8(12)14-9-5-3-6-7(4-5)11(13)15-10(6)9/h12-14H,1,5-10H2,2-4H3;10,16-17H,1,3-8H2,2H3;2,5-7,9-10H,1,3-4H2. The van der Waals surface area contributed by atoms with Gasteiger partial charge in [-0.05, 0) is 122 Å². The molecule has 10 aliphatic carbocycles. The van der Waals surface area contributed by atoms with E-state index in [0.29, 0.717) is 36.3 Å². The summed E-state index contributed by atoms with van der Waals surface area (Å²) in [4.78, 5) is 46.2. The van der Waals surface area contributed by atoms with Crippen LogP contribution in [0.2, 0.25) is 0 Å². The van der Waals surface area contributed by atoms with Crippen LogP contribution in [0.25, 0.3) is 0 Å². The van der Waals surface area contributed by atoms with E-state index in [-0.39, 0.29) is 52.9 Å². The first-order valence-electron chi connectivity index (χ1n) is 19.5. The molecular weight excluding hydrogens is 664 g/mol. The molecule has 11 rings (SSSR count). The van der Waals surface area contributed by atoms with E-state index in [4.69, 9.17) is 18.9 Å². The molecule has 10 saturated carbocycles. The molecule has 0 aromatic carbocycles. The molecule has 0 radical (unpaired) electrons. The Labute approximate surface area is 307 Å². The number of carbonyl (C=O) groups is 4. The molecule has 7 unspecified atom stereocenters. The second-order valence-electron chi connectivity index (χ2n) is 19.2. The third-order valence-corrected chi connectivity index (χ3v) is 14.5. The minimum Gasteiger partial charge on any atom is -0.458 e. The molecule has 0 aromatic heterocycles. The van der Waals surface area contributed by atoms with Crippen LogP contribution in [0.5, 0.6) is 0 Å². The van der Waals surface area contributed by atoms with Crippen molar-refractivity contribution < 1.29 is 48.3 Å². The normalized spacial score (nSPS) is 44.8. The average Bonchev–Trinajstić information content (AvgIpc) is 3.64. The number of hydrogen-bond acceptors (Lipinski definition) is 10. The van der Waals surface area contributed by atoms with Gasteiger partial charge in [0.1, 0.15) is 23.4 Å². The molecule has 0 aromatic rings. The van der Waals surface area contributed by atoms with Gasteiger partial charge in [0.25, 0.3) is 0 Å². The number of rotatable bonds is 7. The highest BCUT2D eigenvalue weighted by molar-refractivity contribution is 5.87. The lowest BCUT2D eigenvalue weighted by Crippen LogP contribution is -2.66. The maximum Gasteiger partial charge on any atom is 0.333 e. The zero-order chi connectivity index (χ0) is 37.6. The Morgan fingerprint density at radius 2 is 1.37 bits per heavy atom. The molecule has 10 bridgehead atoms. The van der Waals surface area contributed by atoms with E-state index in [9.17, 15) is 29.4 Å². The first kappa shape index (κ1) is 37.3. The van der Waals surface area contributed by atoms with Crippen molar-refractivity contribution in [3.8, 4) is 0 Å². The van der Waals surface area contributed by atoms with Crippen molar-refractivity contribution in [2.75, 3.05) is 0 Å². The third kappa shape index (κ3) is 6.69. The van der Waals surface area contributed by atoms with E-state index in [1.807, 2.05) is 0 Å². The largest absolute Gasteiger partial charge is 0.458 e. The van der Waals surface area contributed by atoms with Crippen LogP contribution in [0.4, 0.5) is 0 Å². The second kappa shape index (κ2) is 12.8. The molecule has 286 valence electrons. The third-order valence-electron chi connectivity index (χ3n) is 14.5. The molecule has 0 amide bonds. The smallest absolute Gasteiger partial charge is 0.333 e. The van der Waals surface area contributed by atoms with Crippen molar-refractivity contribution in [2.24, 2.45) is 46.8 Å². The number of ether oxygens (including phenoxy) is 4. The molecular formula is C42H58O10. The van der Waals surface area contributed by atoms with Gasteiger partial charge in [-0.2, -0.15) is 0 Å². The Balaban J connectivity index is 0.000000122. The summed E-state index contributed by atoms with van der Waals surface area (Å²) in [5.74, 6) is 2.40. The fraction of sp³-hybridized carbons (Fsp3) is 0.762. The number of fused-ring (bicyclic) bond motifs is 1. The van der Waals surface area contributed by atoms with Gasteiger partial charge in [-0.25, -0.2) is 14.4 Å². The van der Waals surface area contributed by atoms with Crippen molar-refractivity contribution >= 4 is 23.9 Å². The van der Waals surface area contributed by atoms with Crippen LogP contribution in [-0.2, 0) is 38.1 Å². The predicted octanol–water partition coefficient (Wildman–Crippen LogP) is 6.07. The maximum atomic E-state index is 11.9. The lowest BCUT2D eigenvalue weighted by Gasteiger charge is -2.62. The molecule has 2 N–H and O–H groups in total. The number of carbonyl (C=O) groups excluding carboxylic acids is 4. The summed E-state index contributed by atoms with van der Waals surface area (Å²) in [7, 11) is 0. The minimum absolute atomic E-state index is 0.0682. The predicted molar refractivity (Wildman–Crippen MR) is 190 cm³/mol. The Morgan fingerprint density at radius 3 is 1.87 bits per heavy atom. The molecule has 1 aliphatic heterocycles. The van der Waals surface area contributed by atoms with E-state index in [2.05, 4.69) is 33.6 Å². The SMILES string of the molecule is C=C(C)C(=O)OC(C)(C)C12CC3CC(CC(C3)C1)C2.C=C(C)C(=O)OC12CC3CC(O)(CC(O)(C3)C1)C2.C=CC(=O)OC1C2CC3C(=O)OC1C3C2. The lowest BCUT2D eigenvalue weighted by molar-refractivity contribution is -0.260. The van der Waals surface area contributed by atoms with Gasteiger partial charge in [0.15, 0.2) is 0 Å². The zero-order valence-corrected chi connectivity index (χ0v) is 31.5. The van der Waals surface area contributed by atoms with Gasteiger partial charge in [0, 0.05) is 53.7 Å². The summed E-state index contributed by atoms with van der Waals surface area (Å²) in [5.41, 5.74) is -1.64. The van der Waals surface area contributed by atoms with Gasteiger partial charge in [0.05, 0.1) is 17.1 Å². The molecule has 1 saturated heterocycles. The molecule has 0 spiro atoms. The van der Waals surface area contributed by atoms with Gasteiger partial charge in [-0.1, -0.05) is 19.7 Å². The van der Waals surface area contributed by atoms with Gasteiger partial charge >= 0.3 is 23.9 Å². The van der Waals surface area contributed by atoms with Crippen LogP contribution < -0.4 is 0 Å². The van der Waals surface area contributed by atoms with Crippen molar-refractivity contribution in [2.45, 2.75) is 152 Å². The first-order valence-corrected chi connectivity index (χ1v) is 19.5. The summed E-state index contributed by atoms with van der Waals surface area (Å²) in [6.45, 7) is 18.3. The summed E-state index contributed by atoms with van der Waals surface area (Å²) in [6.07, 6.45) is 14.1. The first-order chi connectivity index (χ1) is 24.2. The van der Waals surface area contributed by atoms with Gasteiger partial charge in [-0.3, -0.25) is 4.79 Å². The number of aliphatic hydroxyl groups is 2. The van der Waals surface area contributed by atoms with Crippen LogP contribution in [0.15, 0.2) is 37.0 Å². The van der Waals surface area contributed by atoms with Gasteiger partial charge in [-0.15, -0.1) is 0 Å². The maximum absolute atomic E-state index is 11.9. The lowest BCUT2D eigenvalue weighted by atomic mass is 9.46. The van der Waals surface area contributed by atoms with Crippen molar-refractivity contribution in [3.63, 3.8) is 0 Å². The summed E-state index contributed by atoms with van der Waals surface area (Å²) in [5, 5.41) is 21.0. The highest BCUT2D eigenvalue weighted by atomic mass is 16.6. The summed E-state index contributed by atoms with van der Waals surface area (Å²) >= 11 is 0. The average molecular weight is 723 g/mol. The second-order valence-corrected chi connectivity index (χ2v) is 19.2. The summed E-state index contributed by atoms with van der Waals surface area (Å²) < 4.78 is 21.9. The quantitative estimate of drug-likeness (QED) is 0.180. The Bertz CT molecular complexity index is 1500. The van der Waals surface area contributed by atoms with Crippen LogP contribution in [0, 0.1) is 46.8 Å². The van der Waals surface area contributed by atoms with E-state index < -0.39 is 28.7 Å². The highest BCUT2D eigenvalue weighted by Gasteiger charge is 2.65. The van der Waals surface area contributed by atoms with Crippen LogP contribution in [-0.4, -0.2) is 68.7 Å². The molecule has 11 fully saturated rings. The number of esters is 4. The number of hydrogen-bond donors (Lipinski definition) is 2. The fourth-order valence-electron chi connectivity index (χ4n) is 13.2. The fourth-order valence-corrected chi connectivity index (χ4v) is 13.2. The molecule has 10 nitrogen and oxygen atoms in total. The Morgan fingerprint density at radius 1 is 0.808 bits per heavy atom. The van der Waals surface area contributed by atoms with E-state index in [0.717, 1.165) is 55.9 Å². The zero-order valence-electron chi connectivity index (χ0n) is 31.5. The molecule has 7 atom stereocenters. The molecule has 11 aliphatic rings. The van der Waals surface area contributed by atoms with E-state index >= 15 is 0 Å². The van der Waals surface area contributed by atoms with E-state index in [1.54, 1.807) is 13.8 Å². The summed E-state index contributed by atoms with van der Waals surface area (Å²) in [6, 6.07) is 0. The molecule has 1 heterocycles. The van der Waals surface area contributed by atoms with Crippen LogP contribution in [0.3, 0.4) is 0 Å². The van der Waals surface area contributed by atoms with Crippen molar-refractivity contribution in [1.82, 2.24) is 0 Å². The molecule has 10 heteroatoms. The van der Waals surface area contributed by atoms with Gasteiger partial charge < -0.3 is 29.2 Å². The Kier molecular flexibility index (Phi) is 9.20.